The highest BCUT2D eigenvalue weighted by molar-refractivity contribution is 6.08. The zero-order chi connectivity index (χ0) is 21.4. The number of aromatic nitrogens is 3. The Morgan fingerprint density at radius 2 is 2.03 bits per heavy atom. The molecule has 6 N–H and O–H groups in total. The molecule has 0 saturated carbocycles. The minimum absolute atomic E-state index is 0.0537. The van der Waals surface area contributed by atoms with Crippen LogP contribution in [0.15, 0.2) is 59.2 Å². The Morgan fingerprint density at radius 1 is 1.27 bits per heavy atom. The van der Waals surface area contributed by atoms with Gasteiger partial charge in [-0.05, 0) is 18.2 Å². The van der Waals surface area contributed by atoms with Crippen LogP contribution in [0.25, 0.3) is 11.0 Å². The van der Waals surface area contributed by atoms with Crippen molar-refractivity contribution in [2.24, 2.45) is 22.2 Å². The number of likely N-dealkylation sites (N-methyl/N-ethyl adjacent to an activating group) is 1. The lowest BCUT2D eigenvalue weighted by atomic mass is 10.2. The third-order valence-corrected chi connectivity index (χ3v) is 4.71. The number of carbonyl (C=O) groups is 1. The number of ether oxygens (including phenoxy) is 1. The van der Waals surface area contributed by atoms with Crippen molar-refractivity contribution >= 4 is 23.0 Å². The van der Waals surface area contributed by atoms with E-state index in [1.165, 1.54) is 6.07 Å². The van der Waals surface area contributed by atoms with Crippen LogP contribution in [-0.2, 0) is 11.3 Å². The first-order valence-corrected chi connectivity index (χ1v) is 8.96. The van der Waals surface area contributed by atoms with Gasteiger partial charge in [-0.1, -0.05) is 18.2 Å². The van der Waals surface area contributed by atoms with Gasteiger partial charge in [0.05, 0.1) is 11.9 Å². The van der Waals surface area contributed by atoms with Crippen molar-refractivity contribution in [1.82, 2.24) is 19.7 Å². The van der Waals surface area contributed by atoms with Gasteiger partial charge in [-0.25, -0.2) is 23.8 Å². The van der Waals surface area contributed by atoms with Crippen molar-refractivity contribution in [2.75, 3.05) is 7.05 Å². The molecule has 0 spiro atoms. The molecule has 2 aromatic heterocycles. The molecule has 0 saturated heterocycles. The molecule has 1 aliphatic heterocycles. The SMILES string of the molecule is CN1C(c2nn(Cc3ccccc3F)c3ncccc23)=NC(N)=C(OC(N)=O)C1N. The molecule has 0 fully saturated rings. The number of primary amides is 1. The van der Waals surface area contributed by atoms with Crippen LogP contribution in [-0.4, -0.2) is 44.8 Å². The second kappa shape index (κ2) is 7.44. The monoisotopic (exact) mass is 410 g/mol. The molecule has 1 aromatic carbocycles. The number of nitrogens with zero attached hydrogens (tertiary/aromatic N) is 5. The highest BCUT2D eigenvalue weighted by Gasteiger charge is 2.32. The van der Waals surface area contributed by atoms with Crippen LogP contribution in [0.4, 0.5) is 9.18 Å². The molecule has 3 aromatic rings. The van der Waals surface area contributed by atoms with Gasteiger partial charge in [-0.2, -0.15) is 5.10 Å². The highest BCUT2D eigenvalue weighted by Crippen LogP contribution is 2.25. The van der Waals surface area contributed by atoms with Crippen molar-refractivity contribution in [3.05, 3.63) is 71.2 Å². The average molecular weight is 410 g/mol. The summed E-state index contributed by atoms with van der Waals surface area (Å²) in [6.45, 7) is 0.171. The zero-order valence-electron chi connectivity index (χ0n) is 16.0. The van der Waals surface area contributed by atoms with Gasteiger partial charge < -0.3 is 26.8 Å². The third kappa shape index (κ3) is 3.31. The summed E-state index contributed by atoms with van der Waals surface area (Å²) >= 11 is 0. The van der Waals surface area contributed by atoms with Gasteiger partial charge in [0, 0.05) is 18.8 Å². The van der Waals surface area contributed by atoms with Gasteiger partial charge in [0.25, 0.3) is 0 Å². The molecule has 1 amide bonds. The van der Waals surface area contributed by atoms with Crippen LogP contribution >= 0.6 is 0 Å². The minimum Gasteiger partial charge on any atom is -0.407 e. The van der Waals surface area contributed by atoms with Crippen molar-refractivity contribution < 1.29 is 13.9 Å². The van der Waals surface area contributed by atoms with Crippen LogP contribution in [0.5, 0.6) is 0 Å². The Kier molecular flexibility index (Phi) is 4.80. The maximum Gasteiger partial charge on any atom is 0.409 e. The number of hydrogen-bond donors (Lipinski definition) is 3. The quantitative estimate of drug-likeness (QED) is 0.576. The van der Waals surface area contributed by atoms with Crippen molar-refractivity contribution in [3.8, 4) is 0 Å². The smallest absolute Gasteiger partial charge is 0.407 e. The summed E-state index contributed by atoms with van der Waals surface area (Å²) in [5.74, 6) is -0.132. The van der Waals surface area contributed by atoms with Crippen LogP contribution in [0.3, 0.4) is 0 Å². The molecule has 1 aliphatic rings. The fourth-order valence-electron chi connectivity index (χ4n) is 3.22. The summed E-state index contributed by atoms with van der Waals surface area (Å²) in [4.78, 5) is 21.4. The first-order chi connectivity index (χ1) is 14.4. The van der Waals surface area contributed by atoms with E-state index in [4.69, 9.17) is 21.9 Å². The minimum atomic E-state index is -1.04. The Bertz CT molecular complexity index is 1200. The lowest BCUT2D eigenvalue weighted by molar-refractivity contribution is 0.166. The molecule has 1 atom stereocenters. The molecular weight excluding hydrogens is 391 g/mol. The molecule has 3 heterocycles. The van der Waals surface area contributed by atoms with Crippen molar-refractivity contribution in [2.45, 2.75) is 12.7 Å². The van der Waals surface area contributed by atoms with Gasteiger partial charge in [0.2, 0.25) is 0 Å². The molecule has 0 bridgehead atoms. The number of aliphatic imine (C=N–C) groups is 1. The summed E-state index contributed by atoms with van der Waals surface area (Å²) in [5, 5.41) is 5.28. The molecule has 0 aliphatic carbocycles. The van der Waals surface area contributed by atoms with E-state index in [1.54, 1.807) is 47.1 Å². The average Bonchev–Trinajstić information content (AvgIpc) is 3.08. The van der Waals surface area contributed by atoms with E-state index < -0.39 is 12.3 Å². The van der Waals surface area contributed by atoms with E-state index in [1.807, 2.05) is 6.07 Å². The van der Waals surface area contributed by atoms with Gasteiger partial charge in [-0.15, -0.1) is 0 Å². The molecule has 154 valence electrons. The fourth-order valence-corrected chi connectivity index (χ4v) is 3.22. The maximum absolute atomic E-state index is 14.2. The van der Waals surface area contributed by atoms with Gasteiger partial charge >= 0.3 is 6.09 Å². The highest BCUT2D eigenvalue weighted by atomic mass is 19.1. The first-order valence-electron chi connectivity index (χ1n) is 8.96. The van der Waals surface area contributed by atoms with Crippen LogP contribution in [0.2, 0.25) is 0 Å². The number of nitrogens with two attached hydrogens (primary N) is 3. The van der Waals surface area contributed by atoms with E-state index in [2.05, 4.69) is 15.1 Å². The number of amidine groups is 1. The molecule has 0 radical (unpaired) electrons. The molecule has 10 nitrogen and oxygen atoms in total. The predicted molar refractivity (Wildman–Crippen MR) is 107 cm³/mol. The number of carbonyl (C=O) groups excluding carboxylic acids is 1. The van der Waals surface area contributed by atoms with E-state index >= 15 is 0 Å². The number of pyridine rings is 1. The molecule has 30 heavy (non-hydrogen) atoms. The number of rotatable bonds is 4. The van der Waals surface area contributed by atoms with Crippen LogP contribution in [0.1, 0.15) is 11.3 Å². The fraction of sp³-hybridized carbons (Fsp3) is 0.158. The molecule has 4 rings (SSSR count). The van der Waals surface area contributed by atoms with Crippen LogP contribution < -0.4 is 17.2 Å². The Balaban J connectivity index is 1.83. The summed E-state index contributed by atoms with van der Waals surface area (Å²) in [5.41, 5.74) is 18.6. The van der Waals surface area contributed by atoms with Crippen molar-refractivity contribution in [1.29, 1.82) is 0 Å². The number of halogens is 1. The number of benzene rings is 1. The molecular formula is C19H19FN8O2. The Labute approximate surface area is 170 Å². The van der Waals surface area contributed by atoms with Gasteiger partial charge in [-0.3, -0.25) is 0 Å². The summed E-state index contributed by atoms with van der Waals surface area (Å²) in [6, 6.07) is 10.0. The maximum atomic E-state index is 14.2. The zero-order valence-corrected chi connectivity index (χ0v) is 16.0. The van der Waals surface area contributed by atoms with E-state index in [9.17, 15) is 9.18 Å². The number of amides is 1. The van der Waals surface area contributed by atoms with Gasteiger partial charge in [0.1, 0.15) is 17.7 Å². The standard InChI is InChI=1S/C19H19FN8O2/c1-27-16(22)14(30-19(23)29)15(21)25-18(27)13-11-6-4-8-24-17(11)28(26-13)9-10-5-2-3-7-12(10)20/h2-8,16H,9,21-22H2,1H3,(H2,23,29). The summed E-state index contributed by atoms with van der Waals surface area (Å²) in [6.07, 6.45) is -0.329. The second-order valence-corrected chi connectivity index (χ2v) is 6.63. The van der Waals surface area contributed by atoms with E-state index in [0.717, 1.165) is 0 Å². The van der Waals surface area contributed by atoms with E-state index in [-0.39, 0.29) is 23.9 Å². The predicted octanol–water partition coefficient (Wildman–Crippen LogP) is 0.819. The topological polar surface area (TPSA) is 151 Å². The number of hydrogen-bond acceptors (Lipinski definition) is 8. The second-order valence-electron chi connectivity index (χ2n) is 6.63. The van der Waals surface area contributed by atoms with Crippen LogP contribution in [0, 0.1) is 5.82 Å². The lowest BCUT2D eigenvalue weighted by Crippen LogP contribution is -2.49. The third-order valence-electron chi connectivity index (χ3n) is 4.71. The number of fused-ring (bicyclic) bond motifs is 1. The Hall–Kier alpha value is -3.99. The molecule has 11 heteroatoms. The van der Waals surface area contributed by atoms with E-state index in [0.29, 0.717) is 28.1 Å². The normalized spacial score (nSPS) is 16.7. The summed E-state index contributed by atoms with van der Waals surface area (Å²) < 4.78 is 20.6. The molecule has 1 unspecified atom stereocenters. The Morgan fingerprint density at radius 3 is 2.77 bits per heavy atom. The summed E-state index contributed by atoms with van der Waals surface area (Å²) in [7, 11) is 1.65. The first kappa shape index (κ1) is 19.3. The largest absolute Gasteiger partial charge is 0.409 e. The van der Waals surface area contributed by atoms with Gasteiger partial charge in [0.15, 0.2) is 23.1 Å². The van der Waals surface area contributed by atoms with Crippen molar-refractivity contribution in [3.63, 3.8) is 0 Å². The lowest BCUT2D eigenvalue weighted by Gasteiger charge is -2.31.